The monoisotopic (exact) mass is 485 g/mol. The Bertz CT molecular complexity index is 1300. The Morgan fingerprint density at radius 3 is 1.51 bits per heavy atom. The number of fused-ring (bicyclic) bond motifs is 2. The molecule has 5 rings (SSSR count). The fraction of sp³-hybridized carbons (Fsp3) is 0.0370. The van der Waals surface area contributed by atoms with Crippen molar-refractivity contribution < 1.29 is 8.78 Å². The summed E-state index contributed by atoms with van der Waals surface area (Å²) in [6.45, 7) is 0. The largest absolute Gasteiger partial charge is 0.343 e. The van der Waals surface area contributed by atoms with Crippen LogP contribution in [-0.4, -0.2) is 19.5 Å². The van der Waals surface area contributed by atoms with Gasteiger partial charge >= 0.3 is 0 Å². The van der Waals surface area contributed by atoms with Gasteiger partial charge in [-0.1, -0.05) is 23.9 Å². The molecule has 0 saturated carbocycles. The lowest BCUT2D eigenvalue weighted by Crippen LogP contribution is -2.15. The van der Waals surface area contributed by atoms with Gasteiger partial charge in [-0.3, -0.25) is 10.9 Å². The molecule has 1 aliphatic heterocycles. The average molecular weight is 486 g/mol. The molecule has 0 fully saturated rings. The number of rotatable bonds is 6. The lowest BCUT2D eigenvalue weighted by Gasteiger charge is -2.30. The molecule has 4 aromatic rings. The van der Waals surface area contributed by atoms with E-state index in [0.717, 1.165) is 32.3 Å². The van der Waals surface area contributed by atoms with Crippen LogP contribution in [0.5, 0.6) is 0 Å². The van der Waals surface area contributed by atoms with Crippen LogP contribution in [0.15, 0.2) is 105 Å². The second-order valence-corrected chi connectivity index (χ2v) is 8.95. The zero-order valence-electron chi connectivity index (χ0n) is 18.7. The summed E-state index contributed by atoms with van der Waals surface area (Å²) in [4.78, 5) is 4.46. The van der Waals surface area contributed by atoms with E-state index in [1.807, 2.05) is 19.2 Å². The minimum absolute atomic E-state index is 0.284. The number of nitrogens with zero attached hydrogens (tertiary/aromatic N) is 3. The molecule has 0 bridgehead atoms. The third-order valence-electron chi connectivity index (χ3n) is 5.41. The van der Waals surface area contributed by atoms with Crippen LogP contribution in [0, 0.1) is 11.6 Å². The molecular formula is C27H21F2N5S. The van der Waals surface area contributed by atoms with Crippen LogP contribution in [0.25, 0.3) is 0 Å². The zero-order valence-corrected chi connectivity index (χ0v) is 19.6. The number of hydrazone groups is 2. The van der Waals surface area contributed by atoms with Crippen molar-refractivity contribution in [2.24, 2.45) is 10.2 Å². The Morgan fingerprint density at radius 1 is 0.657 bits per heavy atom. The van der Waals surface area contributed by atoms with Gasteiger partial charge in [-0.15, -0.1) is 0 Å². The Morgan fingerprint density at radius 2 is 1.09 bits per heavy atom. The summed E-state index contributed by atoms with van der Waals surface area (Å²) in [5, 5.41) is 8.54. The molecule has 5 nitrogen and oxygen atoms in total. The Balaban J connectivity index is 1.30. The van der Waals surface area contributed by atoms with Gasteiger partial charge in [0.15, 0.2) is 0 Å². The maximum Gasteiger partial charge on any atom is 0.123 e. The molecule has 0 atom stereocenters. The molecule has 0 spiro atoms. The molecular weight excluding hydrogens is 464 g/mol. The normalized spacial score (nSPS) is 12.6. The molecule has 8 heteroatoms. The van der Waals surface area contributed by atoms with Crippen LogP contribution in [0.1, 0.15) is 11.1 Å². The summed E-state index contributed by atoms with van der Waals surface area (Å²) >= 11 is 1.71. The highest BCUT2D eigenvalue weighted by atomic mass is 32.2. The van der Waals surface area contributed by atoms with Crippen molar-refractivity contribution in [1.29, 1.82) is 0 Å². The third-order valence-corrected chi connectivity index (χ3v) is 6.54. The number of benzene rings is 4. The van der Waals surface area contributed by atoms with Crippen LogP contribution in [0.2, 0.25) is 0 Å². The van der Waals surface area contributed by atoms with Gasteiger partial charge < -0.3 is 4.90 Å². The van der Waals surface area contributed by atoms with Crippen LogP contribution >= 0.6 is 11.8 Å². The Hall–Kier alpha value is -4.17. The lowest BCUT2D eigenvalue weighted by atomic mass is 10.1. The van der Waals surface area contributed by atoms with E-state index >= 15 is 0 Å². The summed E-state index contributed by atoms with van der Waals surface area (Å²) in [5.41, 5.74) is 11.3. The zero-order chi connectivity index (χ0) is 24.2. The van der Waals surface area contributed by atoms with Crippen LogP contribution < -0.4 is 15.8 Å². The predicted octanol–water partition coefficient (Wildman–Crippen LogP) is 7.09. The highest BCUT2D eigenvalue weighted by Crippen LogP contribution is 2.47. The fourth-order valence-electron chi connectivity index (χ4n) is 3.59. The highest BCUT2D eigenvalue weighted by Gasteiger charge is 2.21. The van der Waals surface area contributed by atoms with Crippen molar-refractivity contribution in [1.82, 2.24) is 0 Å². The summed E-state index contributed by atoms with van der Waals surface area (Å²) in [6, 6.07) is 24.5. The van der Waals surface area contributed by atoms with E-state index in [0.29, 0.717) is 11.4 Å². The molecule has 0 saturated heterocycles. The molecule has 0 aliphatic carbocycles. The smallest absolute Gasteiger partial charge is 0.123 e. The van der Waals surface area contributed by atoms with Gasteiger partial charge in [-0.05, 0) is 83.9 Å². The summed E-state index contributed by atoms with van der Waals surface area (Å²) < 4.78 is 26.1. The maximum atomic E-state index is 13.1. The average Bonchev–Trinajstić information content (AvgIpc) is 2.87. The van der Waals surface area contributed by atoms with Gasteiger partial charge in [0.1, 0.15) is 11.6 Å². The summed E-state index contributed by atoms with van der Waals surface area (Å²) in [5.74, 6) is -0.567. The Kier molecular flexibility index (Phi) is 6.45. The summed E-state index contributed by atoms with van der Waals surface area (Å²) in [7, 11) is 2.03. The first-order valence-electron chi connectivity index (χ1n) is 10.8. The number of hydrogen-bond donors (Lipinski definition) is 2. The molecule has 1 aliphatic rings. The second kappa shape index (κ2) is 9.99. The first-order chi connectivity index (χ1) is 17.0. The molecule has 0 unspecified atom stereocenters. The second-order valence-electron chi connectivity index (χ2n) is 7.87. The van der Waals surface area contributed by atoms with Gasteiger partial charge in [-0.2, -0.15) is 10.2 Å². The minimum atomic E-state index is -0.284. The molecule has 4 aromatic carbocycles. The van der Waals surface area contributed by atoms with E-state index in [1.165, 1.54) is 24.3 Å². The van der Waals surface area contributed by atoms with Crippen molar-refractivity contribution in [2.45, 2.75) is 9.79 Å². The van der Waals surface area contributed by atoms with E-state index in [4.69, 9.17) is 0 Å². The van der Waals surface area contributed by atoms with Crippen molar-refractivity contribution in [3.05, 3.63) is 108 Å². The molecule has 0 radical (unpaired) electrons. The highest BCUT2D eigenvalue weighted by molar-refractivity contribution is 7.99. The van der Waals surface area contributed by atoms with Crippen LogP contribution in [-0.2, 0) is 0 Å². The molecule has 174 valence electrons. The van der Waals surface area contributed by atoms with E-state index < -0.39 is 0 Å². The summed E-state index contributed by atoms with van der Waals surface area (Å²) in [6.07, 6.45) is 3.48. The molecule has 2 N–H and O–H groups in total. The van der Waals surface area contributed by atoms with Gasteiger partial charge in [0.05, 0.1) is 35.2 Å². The first kappa shape index (κ1) is 22.6. The van der Waals surface area contributed by atoms with E-state index in [9.17, 15) is 8.78 Å². The SMILES string of the molecule is CN1c2cc(/C=N/Nc3ccc(F)cc3)ccc2Sc2ccc(/C=N/Nc3ccc(F)cc3)cc21. The van der Waals surface area contributed by atoms with E-state index in [-0.39, 0.29) is 11.6 Å². The molecule has 0 amide bonds. The maximum absolute atomic E-state index is 13.1. The van der Waals surface area contributed by atoms with E-state index in [1.54, 1.807) is 48.5 Å². The topological polar surface area (TPSA) is 52.0 Å². The van der Waals surface area contributed by atoms with Crippen molar-refractivity contribution in [3.63, 3.8) is 0 Å². The minimum Gasteiger partial charge on any atom is -0.343 e. The van der Waals surface area contributed by atoms with Crippen LogP contribution in [0.3, 0.4) is 0 Å². The predicted molar refractivity (Wildman–Crippen MR) is 140 cm³/mol. The van der Waals surface area contributed by atoms with Crippen molar-refractivity contribution in [2.75, 3.05) is 22.8 Å². The fourth-order valence-corrected chi connectivity index (χ4v) is 4.70. The van der Waals surface area contributed by atoms with Crippen molar-refractivity contribution in [3.8, 4) is 0 Å². The molecule has 0 aromatic heterocycles. The quantitative estimate of drug-likeness (QED) is 0.226. The van der Waals surface area contributed by atoms with Gasteiger partial charge in [-0.25, -0.2) is 8.78 Å². The first-order valence-corrected chi connectivity index (χ1v) is 11.7. The van der Waals surface area contributed by atoms with Crippen molar-refractivity contribution >= 4 is 46.9 Å². The molecule has 1 heterocycles. The molecule has 35 heavy (non-hydrogen) atoms. The van der Waals surface area contributed by atoms with Crippen LogP contribution in [0.4, 0.5) is 31.5 Å². The third kappa shape index (κ3) is 5.33. The van der Waals surface area contributed by atoms with E-state index in [2.05, 4.69) is 50.2 Å². The number of nitrogens with one attached hydrogen (secondary N) is 2. The number of anilines is 4. The number of hydrogen-bond acceptors (Lipinski definition) is 6. The van der Waals surface area contributed by atoms with Gasteiger partial charge in [0.2, 0.25) is 0 Å². The number of halogens is 2. The standard InChI is InChI=1S/C27H21F2N5S/c1-34-24-14-18(16-30-32-22-8-4-20(28)5-9-22)2-12-26(24)35-27-13-3-19(15-25(27)34)17-31-33-23-10-6-21(29)7-11-23/h2-17,32-33H,1H3/b30-16+,31-17+. The lowest BCUT2D eigenvalue weighted by molar-refractivity contribution is 0.627. The Labute approximate surface area is 206 Å². The van der Waals surface area contributed by atoms with Gasteiger partial charge in [0.25, 0.3) is 0 Å². The van der Waals surface area contributed by atoms with Gasteiger partial charge in [0, 0.05) is 16.8 Å².